The van der Waals surface area contributed by atoms with Gasteiger partial charge in [-0.15, -0.1) is 0 Å². The van der Waals surface area contributed by atoms with Crippen LogP contribution in [0.5, 0.6) is 0 Å². The van der Waals surface area contributed by atoms with Crippen LogP contribution in [0.1, 0.15) is 35.7 Å². The first kappa shape index (κ1) is 14.3. The van der Waals surface area contributed by atoms with Crippen LogP contribution in [0.25, 0.3) is 0 Å². The maximum Gasteiger partial charge on any atom is 0.416 e. The van der Waals surface area contributed by atoms with E-state index in [1.54, 1.807) is 0 Å². The Labute approximate surface area is 103 Å². The van der Waals surface area contributed by atoms with Crippen molar-refractivity contribution in [3.63, 3.8) is 0 Å². The molecule has 0 aliphatic carbocycles. The van der Waals surface area contributed by atoms with Gasteiger partial charge in [-0.1, -0.05) is 19.1 Å². The molecule has 1 aromatic carbocycles. The summed E-state index contributed by atoms with van der Waals surface area (Å²) < 4.78 is 37.3. The number of alkyl halides is 3. The zero-order chi connectivity index (χ0) is 13.8. The number of rotatable bonds is 4. The van der Waals surface area contributed by atoms with E-state index in [9.17, 15) is 23.1 Å². The summed E-state index contributed by atoms with van der Waals surface area (Å²) in [6, 6.07) is 4.12. The van der Waals surface area contributed by atoms with E-state index in [0.717, 1.165) is 18.2 Å². The van der Waals surface area contributed by atoms with Crippen molar-refractivity contribution in [2.24, 2.45) is 0 Å². The minimum Gasteiger partial charge on any atom is -0.512 e. The van der Waals surface area contributed by atoms with E-state index >= 15 is 0 Å². The largest absolute Gasteiger partial charge is 0.512 e. The van der Waals surface area contributed by atoms with Crippen molar-refractivity contribution in [3.05, 3.63) is 47.2 Å². The molecule has 0 radical (unpaired) electrons. The fourth-order valence-corrected chi connectivity index (χ4v) is 1.41. The predicted octanol–water partition coefficient (Wildman–Crippen LogP) is 4.13. The standard InChI is InChI=1S/C13H13F3O2/c1-2-4-11(17)8-12(18)9-5-3-6-10(7-9)13(14,15)16/h3,5-8,17H,2,4H2,1H3/b11-8-. The average Bonchev–Trinajstić information content (AvgIpc) is 2.28. The SMILES string of the molecule is CCC/C(O)=C/C(=O)c1cccc(C(F)(F)F)c1. The number of benzene rings is 1. The van der Waals surface area contributed by atoms with Crippen LogP contribution < -0.4 is 0 Å². The van der Waals surface area contributed by atoms with Crippen LogP contribution in [0.15, 0.2) is 36.1 Å². The molecule has 18 heavy (non-hydrogen) atoms. The van der Waals surface area contributed by atoms with E-state index in [2.05, 4.69) is 0 Å². The van der Waals surface area contributed by atoms with Gasteiger partial charge >= 0.3 is 6.18 Å². The molecule has 0 amide bonds. The molecule has 0 saturated heterocycles. The molecule has 1 aromatic rings. The lowest BCUT2D eigenvalue weighted by molar-refractivity contribution is -0.137. The van der Waals surface area contributed by atoms with E-state index < -0.39 is 17.5 Å². The molecule has 0 saturated carbocycles. The van der Waals surface area contributed by atoms with Crippen molar-refractivity contribution in [1.29, 1.82) is 0 Å². The number of carbonyl (C=O) groups is 1. The van der Waals surface area contributed by atoms with Crippen LogP contribution in [0.4, 0.5) is 13.2 Å². The fourth-order valence-electron chi connectivity index (χ4n) is 1.41. The summed E-state index contributed by atoms with van der Waals surface area (Å²) in [5, 5.41) is 9.33. The molecule has 98 valence electrons. The lowest BCUT2D eigenvalue weighted by Gasteiger charge is -2.07. The number of aliphatic hydroxyl groups is 1. The third-order valence-electron chi connectivity index (χ3n) is 2.28. The number of hydrogen-bond donors (Lipinski definition) is 1. The number of ketones is 1. The van der Waals surface area contributed by atoms with E-state index in [0.29, 0.717) is 12.8 Å². The van der Waals surface area contributed by atoms with Crippen LogP contribution >= 0.6 is 0 Å². The maximum atomic E-state index is 12.4. The summed E-state index contributed by atoms with van der Waals surface area (Å²) in [5.74, 6) is -0.757. The van der Waals surface area contributed by atoms with Crippen LogP contribution in [0.2, 0.25) is 0 Å². The molecule has 0 aliphatic heterocycles. The van der Waals surface area contributed by atoms with Crippen molar-refractivity contribution in [2.45, 2.75) is 25.9 Å². The van der Waals surface area contributed by atoms with Crippen molar-refractivity contribution in [3.8, 4) is 0 Å². The first-order valence-electron chi connectivity index (χ1n) is 5.45. The highest BCUT2D eigenvalue weighted by molar-refractivity contribution is 6.04. The molecule has 0 bridgehead atoms. The van der Waals surface area contributed by atoms with Crippen LogP contribution in [0.3, 0.4) is 0 Å². The highest BCUT2D eigenvalue weighted by Gasteiger charge is 2.30. The Morgan fingerprint density at radius 3 is 2.61 bits per heavy atom. The molecule has 2 nitrogen and oxygen atoms in total. The Bertz CT molecular complexity index is 462. The average molecular weight is 258 g/mol. The number of hydrogen-bond acceptors (Lipinski definition) is 2. The van der Waals surface area contributed by atoms with Gasteiger partial charge in [0.15, 0.2) is 5.78 Å². The normalized spacial score (nSPS) is 12.6. The Hall–Kier alpha value is -1.78. The predicted molar refractivity (Wildman–Crippen MR) is 61.4 cm³/mol. The lowest BCUT2D eigenvalue weighted by Crippen LogP contribution is -2.06. The van der Waals surface area contributed by atoms with Gasteiger partial charge in [0.1, 0.15) is 0 Å². The second-order valence-electron chi connectivity index (χ2n) is 3.83. The highest BCUT2D eigenvalue weighted by atomic mass is 19.4. The highest BCUT2D eigenvalue weighted by Crippen LogP contribution is 2.29. The van der Waals surface area contributed by atoms with Crippen LogP contribution in [0, 0.1) is 0 Å². The van der Waals surface area contributed by atoms with Crippen molar-refractivity contribution < 1.29 is 23.1 Å². The van der Waals surface area contributed by atoms with E-state index in [1.807, 2.05) is 6.92 Å². The Kier molecular flexibility index (Phi) is 4.53. The van der Waals surface area contributed by atoms with Gasteiger partial charge in [0.05, 0.1) is 11.3 Å². The molecular weight excluding hydrogens is 245 g/mol. The monoisotopic (exact) mass is 258 g/mol. The van der Waals surface area contributed by atoms with Crippen molar-refractivity contribution in [1.82, 2.24) is 0 Å². The Morgan fingerprint density at radius 1 is 1.39 bits per heavy atom. The summed E-state index contributed by atoms with van der Waals surface area (Å²) >= 11 is 0. The summed E-state index contributed by atoms with van der Waals surface area (Å²) in [5.41, 5.74) is -0.968. The summed E-state index contributed by atoms with van der Waals surface area (Å²) in [7, 11) is 0. The second kappa shape index (κ2) is 5.71. The minimum absolute atomic E-state index is 0.0903. The summed E-state index contributed by atoms with van der Waals surface area (Å²) in [6.07, 6.45) is -2.55. The number of allylic oxidation sites excluding steroid dienone is 2. The molecule has 1 N–H and O–H groups in total. The van der Waals surface area contributed by atoms with Gasteiger partial charge < -0.3 is 5.11 Å². The van der Waals surface area contributed by atoms with Gasteiger partial charge in [0.2, 0.25) is 0 Å². The van der Waals surface area contributed by atoms with Gasteiger partial charge in [-0.2, -0.15) is 13.2 Å². The van der Waals surface area contributed by atoms with Gasteiger partial charge in [-0.3, -0.25) is 4.79 Å². The quantitative estimate of drug-likeness (QED) is 0.501. The molecule has 0 heterocycles. The molecule has 0 atom stereocenters. The molecule has 0 spiro atoms. The first-order chi connectivity index (χ1) is 8.34. The topological polar surface area (TPSA) is 37.3 Å². The second-order valence-corrected chi connectivity index (χ2v) is 3.83. The van der Waals surface area contributed by atoms with Crippen molar-refractivity contribution >= 4 is 5.78 Å². The van der Waals surface area contributed by atoms with Crippen LogP contribution in [-0.2, 0) is 6.18 Å². The smallest absolute Gasteiger partial charge is 0.416 e. The summed E-state index contributed by atoms with van der Waals surface area (Å²) in [6.45, 7) is 1.82. The summed E-state index contributed by atoms with van der Waals surface area (Å²) in [4.78, 5) is 11.6. The molecule has 0 unspecified atom stereocenters. The Morgan fingerprint density at radius 2 is 2.06 bits per heavy atom. The third kappa shape index (κ3) is 3.91. The van der Waals surface area contributed by atoms with Gasteiger partial charge in [-0.05, 0) is 18.6 Å². The van der Waals surface area contributed by atoms with Crippen molar-refractivity contribution in [2.75, 3.05) is 0 Å². The third-order valence-corrected chi connectivity index (χ3v) is 2.28. The maximum absolute atomic E-state index is 12.4. The number of halogens is 3. The number of aliphatic hydroxyl groups excluding tert-OH is 1. The zero-order valence-electron chi connectivity index (χ0n) is 9.79. The molecule has 0 fully saturated rings. The zero-order valence-corrected chi connectivity index (χ0v) is 9.79. The molecule has 5 heteroatoms. The van der Waals surface area contributed by atoms with Gasteiger partial charge in [-0.25, -0.2) is 0 Å². The van der Waals surface area contributed by atoms with Crippen LogP contribution in [-0.4, -0.2) is 10.9 Å². The molecule has 0 aliphatic rings. The van der Waals surface area contributed by atoms with Gasteiger partial charge in [0, 0.05) is 18.1 Å². The van der Waals surface area contributed by atoms with E-state index in [-0.39, 0.29) is 11.3 Å². The number of carbonyl (C=O) groups excluding carboxylic acids is 1. The lowest BCUT2D eigenvalue weighted by atomic mass is 10.1. The van der Waals surface area contributed by atoms with Gasteiger partial charge in [0.25, 0.3) is 0 Å². The Balaban J connectivity index is 2.97. The molecular formula is C13H13F3O2. The molecule has 1 rings (SSSR count). The first-order valence-corrected chi connectivity index (χ1v) is 5.45. The minimum atomic E-state index is -4.48. The fraction of sp³-hybridized carbons (Fsp3) is 0.308. The molecule has 0 aromatic heterocycles. The van der Waals surface area contributed by atoms with E-state index in [1.165, 1.54) is 12.1 Å². The van der Waals surface area contributed by atoms with E-state index in [4.69, 9.17) is 0 Å².